The third kappa shape index (κ3) is 6.73. The molecule has 0 aromatic carbocycles. The van der Waals surface area contributed by atoms with Gasteiger partial charge in [-0.3, -0.25) is 4.79 Å². The van der Waals surface area contributed by atoms with Crippen LogP contribution >= 0.6 is 0 Å². The molecule has 0 saturated heterocycles. The van der Waals surface area contributed by atoms with Gasteiger partial charge in [0.15, 0.2) is 0 Å². The first-order valence-corrected chi connectivity index (χ1v) is 11.4. The number of aliphatic carboxylic acids is 1. The lowest BCUT2D eigenvalue weighted by Crippen LogP contribution is -2.21. The zero-order chi connectivity index (χ0) is 20.5. The molecular weight excluding hydrogens is 352 g/mol. The summed E-state index contributed by atoms with van der Waals surface area (Å²) >= 11 is 0. The Balaban J connectivity index is 1.91. The fourth-order valence-electron chi connectivity index (χ4n) is 5.22. The second-order valence-corrected chi connectivity index (χ2v) is 8.93. The lowest BCUT2D eigenvalue weighted by Gasteiger charge is -2.22. The zero-order valence-electron chi connectivity index (χ0n) is 17.7. The SMILES string of the molecule is CCCCC(CCC)[C@@H](O)/C=C/[C@@H]1[C@H]2C/C(=C/CCCC(=O)O)C[C@@H]2C[C@H]1O. The van der Waals surface area contributed by atoms with Crippen molar-refractivity contribution in [3.8, 4) is 0 Å². The Bertz CT molecular complexity index is 539. The number of aliphatic hydroxyl groups excluding tert-OH is 2. The molecule has 0 radical (unpaired) electrons. The highest BCUT2D eigenvalue weighted by Crippen LogP contribution is 2.50. The molecular formula is C24H40O4. The summed E-state index contributed by atoms with van der Waals surface area (Å²) in [6.07, 6.45) is 15.7. The van der Waals surface area contributed by atoms with Gasteiger partial charge < -0.3 is 15.3 Å². The number of carbonyl (C=O) groups is 1. The van der Waals surface area contributed by atoms with E-state index in [4.69, 9.17) is 5.11 Å². The fourth-order valence-corrected chi connectivity index (χ4v) is 5.22. The van der Waals surface area contributed by atoms with Gasteiger partial charge in [0.25, 0.3) is 0 Å². The highest BCUT2D eigenvalue weighted by atomic mass is 16.4. The van der Waals surface area contributed by atoms with Gasteiger partial charge in [-0.1, -0.05) is 56.9 Å². The van der Waals surface area contributed by atoms with E-state index in [-0.39, 0.29) is 18.4 Å². The van der Waals surface area contributed by atoms with Crippen LogP contribution in [0.4, 0.5) is 0 Å². The Hall–Kier alpha value is -1.13. The van der Waals surface area contributed by atoms with Crippen LogP contribution in [0.5, 0.6) is 0 Å². The molecule has 1 unspecified atom stereocenters. The first kappa shape index (κ1) is 23.2. The normalized spacial score (nSPS) is 30.8. The first-order chi connectivity index (χ1) is 13.5. The van der Waals surface area contributed by atoms with Crippen molar-refractivity contribution >= 4 is 5.97 Å². The average Bonchev–Trinajstić information content (AvgIpc) is 3.16. The van der Waals surface area contributed by atoms with Crippen LogP contribution in [0.15, 0.2) is 23.8 Å². The Morgan fingerprint density at radius 1 is 1.18 bits per heavy atom. The summed E-state index contributed by atoms with van der Waals surface area (Å²) in [5.41, 5.74) is 1.43. The largest absolute Gasteiger partial charge is 0.481 e. The molecule has 2 saturated carbocycles. The smallest absolute Gasteiger partial charge is 0.303 e. The van der Waals surface area contributed by atoms with E-state index in [1.165, 1.54) is 5.57 Å². The maximum atomic E-state index is 10.7. The number of aliphatic hydroxyl groups is 2. The number of hydrogen-bond donors (Lipinski definition) is 3. The minimum absolute atomic E-state index is 0.137. The molecule has 0 bridgehead atoms. The molecule has 0 aliphatic heterocycles. The summed E-state index contributed by atoms with van der Waals surface area (Å²) in [4.78, 5) is 10.6. The molecule has 0 aromatic rings. The number of carboxylic acids is 1. The van der Waals surface area contributed by atoms with Gasteiger partial charge in [-0.25, -0.2) is 0 Å². The summed E-state index contributed by atoms with van der Waals surface area (Å²) in [7, 11) is 0. The second kappa shape index (κ2) is 11.8. The number of hydrogen-bond acceptors (Lipinski definition) is 3. The van der Waals surface area contributed by atoms with Gasteiger partial charge >= 0.3 is 5.97 Å². The van der Waals surface area contributed by atoms with Gasteiger partial charge in [-0.2, -0.15) is 0 Å². The molecule has 0 spiro atoms. The van der Waals surface area contributed by atoms with Gasteiger partial charge in [0.2, 0.25) is 0 Å². The highest BCUT2D eigenvalue weighted by Gasteiger charge is 2.45. The molecule has 3 N–H and O–H groups in total. The molecule has 2 rings (SSSR count). The van der Waals surface area contributed by atoms with E-state index in [2.05, 4.69) is 26.0 Å². The molecule has 0 amide bonds. The van der Waals surface area contributed by atoms with Gasteiger partial charge in [0, 0.05) is 12.3 Å². The van der Waals surface area contributed by atoms with Crippen LogP contribution in [0, 0.1) is 23.7 Å². The van der Waals surface area contributed by atoms with Crippen molar-refractivity contribution in [2.45, 2.75) is 96.7 Å². The van der Waals surface area contributed by atoms with E-state index < -0.39 is 12.1 Å². The summed E-state index contributed by atoms with van der Waals surface area (Å²) in [6, 6.07) is 0. The van der Waals surface area contributed by atoms with Crippen molar-refractivity contribution in [2.75, 3.05) is 0 Å². The Morgan fingerprint density at radius 3 is 2.64 bits per heavy atom. The van der Waals surface area contributed by atoms with E-state index in [0.29, 0.717) is 24.2 Å². The Morgan fingerprint density at radius 2 is 1.96 bits per heavy atom. The standard InChI is InChI=1S/C24H40O4/c1-3-5-10-18(8-4-2)22(25)13-12-20-21-15-17(9-6-7-11-24(27)28)14-19(21)16-23(20)26/h9,12-13,18-23,25-26H,3-8,10-11,14-16H2,1-2H3,(H,27,28)/b13-12+,17-9+/t18?,19-,20-,21+,22+,23-/m1/s1. The van der Waals surface area contributed by atoms with E-state index in [1.807, 2.05) is 6.08 Å². The molecule has 4 nitrogen and oxygen atoms in total. The third-order valence-electron chi connectivity index (χ3n) is 6.74. The van der Waals surface area contributed by atoms with E-state index >= 15 is 0 Å². The van der Waals surface area contributed by atoms with Gasteiger partial charge in [-0.05, 0) is 62.7 Å². The van der Waals surface area contributed by atoms with E-state index in [1.54, 1.807) is 0 Å². The average molecular weight is 393 g/mol. The predicted octanol–water partition coefficient (Wildman–Crippen LogP) is 5.10. The monoisotopic (exact) mass is 392 g/mol. The first-order valence-electron chi connectivity index (χ1n) is 11.4. The predicted molar refractivity (Wildman–Crippen MR) is 113 cm³/mol. The fraction of sp³-hybridized carbons (Fsp3) is 0.792. The number of allylic oxidation sites excluding steroid dienone is 2. The van der Waals surface area contributed by atoms with E-state index in [0.717, 1.165) is 57.8 Å². The minimum atomic E-state index is -0.728. The minimum Gasteiger partial charge on any atom is -0.481 e. The van der Waals surface area contributed by atoms with Crippen LogP contribution in [-0.4, -0.2) is 33.5 Å². The van der Waals surface area contributed by atoms with Crippen molar-refractivity contribution in [3.63, 3.8) is 0 Å². The van der Waals surface area contributed by atoms with Crippen LogP contribution in [0.3, 0.4) is 0 Å². The molecule has 2 fully saturated rings. The summed E-state index contributed by atoms with van der Waals surface area (Å²) < 4.78 is 0. The van der Waals surface area contributed by atoms with Crippen LogP contribution in [0.2, 0.25) is 0 Å². The number of carboxylic acid groups (broad SMARTS) is 1. The van der Waals surface area contributed by atoms with Crippen LogP contribution < -0.4 is 0 Å². The Labute approximate surface area is 170 Å². The van der Waals surface area contributed by atoms with Crippen LogP contribution in [-0.2, 0) is 4.79 Å². The third-order valence-corrected chi connectivity index (χ3v) is 6.74. The number of unbranched alkanes of at least 4 members (excludes halogenated alkanes) is 2. The molecule has 160 valence electrons. The lowest BCUT2D eigenvalue weighted by molar-refractivity contribution is -0.137. The zero-order valence-corrected chi connectivity index (χ0v) is 17.7. The summed E-state index contributed by atoms with van der Waals surface area (Å²) in [6.45, 7) is 4.36. The van der Waals surface area contributed by atoms with Crippen molar-refractivity contribution < 1.29 is 20.1 Å². The van der Waals surface area contributed by atoms with E-state index in [9.17, 15) is 15.0 Å². The van der Waals surface area contributed by atoms with Crippen molar-refractivity contribution in [3.05, 3.63) is 23.8 Å². The molecule has 0 aromatic heterocycles. The van der Waals surface area contributed by atoms with Gasteiger partial charge in [0.05, 0.1) is 12.2 Å². The second-order valence-electron chi connectivity index (χ2n) is 8.93. The topological polar surface area (TPSA) is 77.8 Å². The summed E-state index contributed by atoms with van der Waals surface area (Å²) in [5.74, 6) is 0.721. The van der Waals surface area contributed by atoms with Crippen molar-refractivity contribution in [1.29, 1.82) is 0 Å². The molecule has 0 heterocycles. The van der Waals surface area contributed by atoms with Crippen LogP contribution in [0.25, 0.3) is 0 Å². The quantitative estimate of drug-likeness (QED) is 0.319. The number of fused-ring (bicyclic) bond motifs is 1. The maximum Gasteiger partial charge on any atom is 0.303 e. The van der Waals surface area contributed by atoms with Crippen LogP contribution in [0.1, 0.15) is 84.5 Å². The maximum absolute atomic E-state index is 10.7. The molecule has 4 heteroatoms. The summed E-state index contributed by atoms with van der Waals surface area (Å²) in [5, 5.41) is 29.9. The van der Waals surface area contributed by atoms with Crippen molar-refractivity contribution in [2.24, 2.45) is 23.7 Å². The molecule has 2 aliphatic rings. The van der Waals surface area contributed by atoms with Gasteiger partial charge in [0.1, 0.15) is 0 Å². The highest BCUT2D eigenvalue weighted by molar-refractivity contribution is 5.66. The molecule has 6 atom stereocenters. The Kier molecular flexibility index (Phi) is 9.73. The number of rotatable bonds is 12. The molecule has 28 heavy (non-hydrogen) atoms. The lowest BCUT2D eigenvalue weighted by atomic mass is 9.87. The van der Waals surface area contributed by atoms with Crippen molar-refractivity contribution in [1.82, 2.24) is 0 Å². The molecule has 2 aliphatic carbocycles. The van der Waals surface area contributed by atoms with Gasteiger partial charge in [-0.15, -0.1) is 0 Å².